The Bertz CT molecular complexity index is 892. The highest BCUT2D eigenvalue weighted by atomic mass is 35.5. The maximum Gasteiger partial charge on any atom is 0.416 e. The molecule has 2 aromatic rings. The van der Waals surface area contributed by atoms with E-state index in [2.05, 4.69) is 10.6 Å². The van der Waals surface area contributed by atoms with Crippen LogP contribution in [-0.2, 0) is 15.8 Å². The largest absolute Gasteiger partial charge is 0.416 e. The van der Waals surface area contributed by atoms with Crippen LogP contribution in [0.3, 0.4) is 0 Å². The number of alkyl halides is 3. The van der Waals surface area contributed by atoms with Crippen LogP contribution in [0, 0.1) is 6.92 Å². The molecule has 0 aliphatic rings. The van der Waals surface area contributed by atoms with Gasteiger partial charge in [-0.15, -0.1) is 11.8 Å². The van der Waals surface area contributed by atoms with Crippen LogP contribution in [0.4, 0.5) is 24.5 Å². The molecule has 2 amide bonds. The SMILES string of the molecule is Cc1c(Cl)cccc1NC(=O)CSCC(=O)Nc1cc(C(F)(F)F)ccc1Cl. The van der Waals surface area contributed by atoms with Crippen molar-refractivity contribution in [2.75, 3.05) is 22.1 Å². The van der Waals surface area contributed by atoms with Crippen LogP contribution in [0.25, 0.3) is 0 Å². The maximum absolute atomic E-state index is 12.7. The Balaban J connectivity index is 1.86. The van der Waals surface area contributed by atoms with E-state index in [0.29, 0.717) is 10.7 Å². The zero-order chi connectivity index (χ0) is 20.9. The molecular weight excluding hydrogens is 436 g/mol. The van der Waals surface area contributed by atoms with Crippen molar-refractivity contribution in [2.45, 2.75) is 13.1 Å². The highest BCUT2D eigenvalue weighted by molar-refractivity contribution is 8.00. The van der Waals surface area contributed by atoms with Crippen molar-refractivity contribution in [3.8, 4) is 0 Å². The number of carbonyl (C=O) groups is 2. The van der Waals surface area contributed by atoms with Crippen molar-refractivity contribution < 1.29 is 22.8 Å². The smallest absolute Gasteiger partial charge is 0.325 e. The molecule has 4 nitrogen and oxygen atoms in total. The van der Waals surface area contributed by atoms with Crippen LogP contribution in [0.5, 0.6) is 0 Å². The van der Waals surface area contributed by atoms with Gasteiger partial charge < -0.3 is 10.6 Å². The molecular formula is C18H15Cl2F3N2O2S. The minimum Gasteiger partial charge on any atom is -0.325 e. The average molecular weight is 451 g/mol. The van der Waals surface area contributed by atoms with Crippen LogP contribution in [0.15, 0.2) is 36.4 Å². The summed E-state index contributed by atoms with van der Waals surface area (Å²) < 4.78 is 38.2. The molecule has 0 radical (unpaired) electrons. The van der Waals surface area contributed by atoms with Crippen LogP contribution in [0.2, 0.25) is 10.0 Å². The number of nitrogens with one attached hydrogen (secondary N) is 2. The first-order chi connectivity index (χ1) is 13.1. The molecule has 0 aliphatic heterocycles. The number of rotatable bonds is 6. The van der Waals surface area contributed by atoms with Crippen LogP contribution in [0.1, 0.15) is 11.1 Å². The molecule has 0 saturated carbocycles. The van der Waals surface area contributed by atoms with Gasteiger partial charge in [0.1, 0.15) is 0 Å². The topological polar surface area (TPSA) is 58.2 Å². The lowest BCUT2D eigenvalue weighted by atomic mass is 10.2. The standard InChI is InChI=1S/C18H15Cl2F3N2O2S/c1-10-12(19)3-2-4-14(10)24-16(26)8-28-9-17(27)25-15-7-11(18(21,22)23)5-6-13(15)20/h2-7H,8-9H2,1H3,(H,24,26)(H,25,27). The van der Waals surface area contributed by atoms with Crippen molar-refractivity contribution in [3.05, 3.63) is 57.6 Å². The zero-order valence-corrected chi connectivity index (χ0v) is 16.8. The Morgan fingerprint density at radius 3 is 2.18 bits per heavy atom. The number of thioether (sulfide) groups is 1. The average Bonchev–Trinajstić information content (AvgIpc) is 2.60. The summed E-state index contributed by atoms with van der Waals surface area (Å²) >= 11 is 12.8. The maximum atomic E-state index is 12.7. The number of hydrogen-bond acceptors (Lipinski definition) is 3. The van der Waals surface area contributed by atoms with E-state index in [4.69, 9.17) is 23.2 Å². The molecule has 0 aliphatic carbocycles. The van der Waals surface area contributed by atoms with Gasteiger partial charge in [0, 0.05) is 10.7 Å². The predicted molar refractivity (Wildman–Crippen MR) is 107 cm³/mol. The molecule has 2 rings (SSSR count). The van der Waals surface area contributed by atoms with Gasteiger partial charge in [-0.25, -0.2) is 0 Å². The van der Waals surface area contributed by atoms with E-state index >= 15 is 0 Å². The van der Waals surface area contributed by atoms with Crippen molar-refractivity contribution in [1.29, 1.82) is 0 Å². The van der Waals surface area contributed by atoms with Gasteiger partial charge in [-0.3, -0.25) is 9.59 Å². The van der Waals surface area contributed by atoms with Gasteiger partial charge in [0.2, 0.25) is 11.8 Å². The van der Waals surface area contributed by atoms with Crippen molar-refractivity contribution in [2.24, 2.45) is 0 Å². The third kappa shape index (κ3) is 6.32. The van der Waals surface area contributed by atoms with E-state index in [1.807, 2.05) is 0 Å². The van der Waals surface area contributed by atoms with Gasteiger partial charge in [0.25, 0.3) is 0 Å². The molecule has 150 valence electrons. The summed E-state index contributed by atoms with van der Waals surface area (Å²) in [6, 6.07) is 7.75. The fourth-order valence-corrected chi connectivity index (χ4v) is 3.11. The molecule has 28 heavy (non-hydrogen) atoms. The van der Waals surface area contributed by atoms with Gasteiger partial charge in [-0.1, -0.05) is 29.3 Å². The third-order valence-electron chi connectivity index (χ3n) is 3.58. The van der Waals surface area contributed by atoms with E-state index in [1.54, 1.807) is 25.1 Å². The summed E-state index contributed by atoms with van der Waals surface area (Å²) in [4.78, 5) is 23.9. The lowest BCUT2D eigenvalue weighted by Gasteiger charge is -2.12. The first kappa shape index (κ1) is 22.4. The molecule has 2 N–H and O–H groups in total. The number of carbonyl (C=O) groups excluding carboxylic acids is 2. The van der Waals surface area contributed by atoms with E-state index < -0.39 is 17.6 Å². The summed E-state index contributed by atoms with van der Waals surface area (Å²) in [6.45, 7) is 1.76. The summed E-state index contributed by atoms with van der Waals surface area (Å²) in [7, 11) is 0. The van der Waals surface area contributed by atoms with E-state index in [-0.39, 0.29) is 28.1 Å². The number of amides is 2. The summed E-state index contributed by atoms with van der Waals surface area (Å²) in [5.41, 5.74) is 0.231. The highest BCUT2D eigenvalue weighted by Crippen LogP contribution is 2.33. The lowest BCUT2D eigenvalue weighted by Crippen LogP contribution is -2.19. The van der Waals surface area contributed by atoms with Crippen molar-refractivity contribution >= 4 is 58.2 Å². The van der Waals surface area contributed by atoms with Crippen LogP contribution >= 0.6 is 35.0 Å². The summed E-state index contributed by atoms with van der Waals surface area (Å²) in [6.07, 6.45) is -4.55. The second-order valence-corrected chi connectivity index (χ2v) is 7.49. The Morgan fingerprint density at radius 2 is 1.57 bits per heavy atom. The Labute approximate surface area is 173 Å². The second-order valence-electron chi connectivity index (χ2n) is 5.69. The van der Waals surface area contributed by atoms with E-state index in [0.717, 1.165) is 35.5 Å². The lowest BCUT2D eigenvalue weighted by molar-refractivity contribution is -0.137. The molecule has 0 fully saturated rings. The normalized spacial score (nSPS) is 11.2. The number of hydrogen-bond donors (Lipinski definition) is 2. The molecule has 0 bridgehead atoms. The summed E-state index contributed by atoms with van der Waals surface area (Å²) in [5, 5.41) is 5.51. The molecule has 0 unspecified atom stereocenters. The minimum absolute atomic E-state index is 0.0134. The molecule has 2 aromatic carbocycles. The quantitative estimate of drug-likeness (QED) is 0.599. The zero-order valence-electron chi connectivity index (χ0n) is 14.5. The molecule has 0 atom stereocenters. The molecule has 0 heterocycles. The van der Waals surface area contributed by atoms with Gasteiger partial charge >= 0.3 is 6.18 Å². The third-order valence-corrected chi connectivity index (χ3v) is 5.25. The van der Waals surface area contributed by atoms with Gasteiger partial charge in [-0.05, 0) is 42.8 Å². The number of anilines is 2. The minimum atomic E-state index is -4.55. The van der Waals surface area contributed by atoms with Gasteiger partial charge in [-0.2, -0.15) is 13.2 Å². The predicted octanol–water partition coefficient (Wildman–Crippen LogP) is 5.63. The van der Waals surface area contributed by atoms with Crippen LogP contribution in [-0.4, -0.2) is 23.3 Å². The van der Waals surface area contributed by atoms with E-state index in [1.165, 1.54) is 0 Å². The van der Waals surface area contributed by atoms with Gasteiger partial charge in [0.15, 0.2) is 0 Å². The summed E-state index contributed by atoms with van der Waals surface area (Å²) in [5.74, 6) is -1.05. The molecule has 0 aromatic heterocycles. The van der Waals surface area contributed by atoms with Crippen molar-refractivity contribution in [3.63, 3.8) is 0 Å². The Hall–Kier alpha value is -1.90. The number of benzene rings is 2. The van der Waals surface area contributed by atoms with E-state index in [9.17, 15) is 22.8 Å². The molecule has 0 saturated heterocycles. The Kier molecular flexibility index (Phi) is 7.63. The fourth-order valence-electron chi connectivity index (χ4n) is 2.15. The molecule has 0 spiro atoms. The first-order valence-electron chi connectivity index (χ1n) is 7.87. The molecule has 10 heteroatoms. The highest BCUT2D eigenvalue weighted by Gasteiger charge is 2.31. The Morgan fingerprint density at radius 1 is 0.964 bits per heavy atom. The van der Waals surface area contributed by atoms with Crippen LogP contribution < -0.4 is 10.6 Å². The number of halogens is 5. The first-order valence-corrected chi connectivity index (χ1v) is 9.78. The second kappa shape index (κ2) is 9.54. The van der Waals surface area contributed by atoms with Crippen molar-refractivity contribution in [1.82, 2.24) is 0 Å². The fraction of sp³-hybridized carbons (Fsp3) is 0.222. The van der Waals surface area contributed by atoms with Gasteiger partial charge in [0.05, 0.1) is 27.8 Å². The monoisotopic (exact) mass is 450 g/mol.